The summed E-state index contributed by atoms with van der Waals surface area (Å²) in [6.07, 6.45) is 5.56. The summed E-state index contributed by atoms with van der Waals surface area (Å²) in [5, 5.41) is 29.3. The molecule has 0 saturated carbocycles. The molecule has 0 atom stereocenters. The van der Waals surface area contributed by atoms with Crippen molar-refractivity contribution in [2.75, 3.05) is 20.3 Å². The minimum absolute atomic E-state index is 0.121. The summed E-state index contributed by atoms with van der Waals surface area (Å²) in [6, 6.07) is 13.3. The maximum Gasteiger partial charge on any atom is 0.269 e. The van der Waals surface area contributed by atoms with Crippen molar-refractivity contribution < 1.29 is 19.7 Å². The number of unbranched alkanes of at least 4 members (excludes halogenated alkanes) is 2. The van der Waals surface area contributed by atoms with Gasteiger partial charge in [-0.05, 0) is 49.7 Å². The molecule has 8 heteroatoms. The van der Waals surface area contributed by atoms with Crippen LogP contribution in [0.4, 0.5) is 11.4 Å². The lowest BCUT2D eigenvalue weighted by molar-refractivity contribution is -0.385. The van der Waals surface area contributed by atoms with E-state index in [9.17, 15) is 20.2 Å². The highest BCUT2D eigenvalue weighted by atomic mass is 16.6. The zero-order valence-corrected chi connectivity index (χ0v) is 16.7. The molecule has 0 aliphatic heterocycles. The van der Waals surface area contributed by atoms with Gasteiger partial charge < -0.3 is 9.84 Å². The van der Waals surface area contributed by atoms with Gasteiger partial charge in [-0.25, -0.2) is 0 Å². The molecule has 8 nitrogen and oxygen atoms in total. The third-order valence-electron chi connectivity index (χ3n) is 4.23. The fraction of sp³-hybridized carbons (Fsp3) is 0.429. The van der Waals surface area contributed by atoms with E-state index in [1.807, 2.05) is 12.1 Å². The van der Waals surface area contributed by atoms with E-state index in [2.05, 4.69) is 0 Å². The van der Waals surface area contributed by atoms with E-state index >= 15 is 0 Å². The number of non-ortho nitro benzene ring substituents is 2. The Balaban J connectivity index is 0.000000291. The molecule has 0 aliphatic carbocycles. The molecule has 0 bridgehead atoms. The second-order valence-corrected chi connectivity index (χ2v) is 6.48. The zero-order chi connectivity index (χ0) is 21.5. The highest BCUT2D eigenvalue weighted by Crippen LogP contribution is 2.14. The van der Waals surface area contributed by atoms with Crippen molar-refractivity contribution in [3.8, 4) is 0 Å². The number of benzene rings is 2. The van der Waals surface area contributed by atoms with Gasteiger partial charge in [0.15, 0.2) is 0 Å². The molecule has 0 aliphatic rings. The van der Waals surface area contributed by atoms with Crippen LogP contribution in [-0.2, 0) is 17.6 Å². The molecule has 0 unspecified atom stereocenters. The van der Waals surface area contributed by atoms with Gasteiger partial charge in [-0.1, -0.05) is 24.3 Å². The van der Waals surface area contributed by atoms with Crippen LogP contribution < -0.4 is 0 Å². The second kappa shape index (κ2) is 14.2. The first kappa shape index (κ1) is 24.2. The van der Waals surface area contributed by atoms with Crippen LogP contribution in [0.15, 0.2) is 48.5 Å². The number of hydrogen-bond donors (Lipinski definition) is 1. The van der Waals surface area contributed by atoms with Gasteiger partial charge in [0.2, 0.25) is 0 Å². The fourth-order valence-electron chi connectivity index (χ4n) is 2.59. The van der Waals surface area contributed by atoms with Crippen LogP contribution in [0.1, 0.15) is 36.8 Å². The van der Waals surface area contributed by atoms with Gasteiger partial charge in [0.1, 0.15) is 0 Å². The maximum absolute atomic E-state index is 10.4. The first-order valence-corrected chi connectivity index (χ1v) is 9.54. The Morgan fingerprint density at radius 2 is 1.17 bits per heavy atom. The van der Waals surface area contributed by atoms with Crippen molar-refractivity contribution in [2.24, 2.45) is 0 Å². The molecule has 29 heavy (non-hydrogen) atoms. The molecular formula is C21H28N2O6. The number of rotatable bonds is 11. The van der Waals surface area contributed by atoms with Crippen LogP contribution in [-0.4, -0.2) is 35.3 Å². The summed E-state index contributed by atoms with van der Waals surface area (Å²) in [5.41, 5.74) is 2.48. The molecule has 2 aromatic carbocycles. The van der Waals surface area contributed by atoms with Crippen LogP contribution in [0.25, 0.3) is 0 Å². The molecule has 0 radical (unpaired) electrons. The number of nitro benzene ring substituents is 2. The quantitative estimate of drug-likeness (QED) is 0.335. The topological polar surface area (TPSA) is 116 Å². The van der Waals surface area contributed by atoms with Crippen molar-refractivity contribution in [2.45, 2.75) is 38.5 Å². The standard InChI is InChI=1S/C11H15NO3.C10H13NO3/c1-15-9-3-2-4-10-5-7-11(8-6-10)12(13)14;12-8-2-1-3-9-4-6-10(7-5-9)11(13)14/h5-8H,2-4,9H2,1H3;4-7,12H,1-3,8H2. The van der Waals surface area contributed by atoms with E-state index in [4.69, 9.17) is 9.84 Å². The van der Waals surface area contributed by atoms with Gasteiger partial charge >= 0.3 is 0 Å². The molecule has 2 rings (SSSR count). The van der Waals surface area contributed by atoms with Crippen molar-refractivity contribution >= 4 is 11.4 Å². The number of nitrogens with zero attached hydrogens (tertiary/aromatic N) is 2. The fourth-order valence-corrected chi connectivity index (χ4v) is 2.59. The summed E-state index contributed by atoms with van der Waals surface area (Å²) in [5.74, 6) is 0. The van der Waals surface area contributed by atoms with E-state index < -0.39 is 4.92 Å². The predicted molar refractivity (Wildman–Crippen MR) is 111 cm³/mol. The van der Waals surface area contributed by atoms with Gasteiger partial charge in [-0.3, -0.25) is 20.2 Å². The number of methoxy groups -OCH3 is 1. The molecule has 0 amide bonds. The van der Waals surface area contributed by atoms with Crippen LogP contribution in [0, 0.1) is 20.2 Å². The van der Waals surface area contributed by atoms with Gasteiger partial charge in [0.25, 0.3) is 11.4 Å². The smallest absolute Gasteiger partial charge is 0.269 e. The summed E-state index contributed by atoms with van der Waals surface area (Å²) < 4.78 is 4.94. The van der Waals surface area contributed by atoms with E-state index in [1.165, 1.54) is 12.1 Å². The average Bonchev–Trinajstić information content (AvgIpc) is 2.72. The van der Waals surface area contributed by atoms with Gasteiger partial charge in [-0.2, -0.15) is 0 Å². The monoisotopic (exact) mass is 404 g/mol. The normalized spacial score (nSPS) is 10.1. The highest BCUT2D eigenvalue weighted by Gasteiger charge is 2.04. The van der Waals surface area contributed by atoms with Crippen LogP contribution in [0.3, 0.4) is 0 Å². The lowest BCUT2D eigenvalue weighted by Gasteiger charge is -2.00. The van der Waals surface area contributed by atoms with Crippen molar-refractivity contribution in [3.05, 3.63) is 79.9 Å². The van der Waals surface area contributed by atoms with E-state index in [-0.39, 0.29) is 22.9 Å². The molecule has 158 valence electrons. The molecule has 0 spiro atoms. The number of nitro groups is 2. The Labute approximate surface area is 170 Å². The summed E-state index contributed by atoms with van der Waals surface area (Å²) >= 11 is 0. The minimum atomic E-state index is -0.405. The lowest BCUT2D eigenvalue weighted by Crippen LogP contribution is -1.92. The molecule has 2 aromatic rings. The Morgan fingerprint density at radius 3 is 1.52 bits per heavy atom. The molecular weight excluding hydrogens is 376 g/mol. The molecule has 0 fully saturated rings. The number of hydrogen-bond acceptors (Lipinski definition) is 6. The lowest BCUT2D eigenvalue weighted by atomic mass is 10.1. The number of ether oxygens (including phenoxy) is 1. The van der Waals surface area contributed by atoms with Crippen molar-refractivity contribution in [1.29, 1.82) is 0 Å². The predicted octanol–water partition coefficient (Wildman–Crippen LogP) is 4.47. The molecule has 0 aromatic heterocycles. The molecule has 0 saturated heterocycles. The van der Waals surface area contributed by atoms with Gasteiger partial charge in [0.05, 0.1) is 9.85 Å². The van der Waals surface area contributed by atoms with E-state index in [1.54, 1.807) is 31.4 Å². The molecule has 1 N–H and O–H groups in total. The number of aliphatic hydroxyl groups is 1. The summed E-state index contributed by atoms with van der Waals surface area (Å²) in [7, 11) is 1.69. The summed E-state index contributed by atoms with van der Waals surface area (Å²) in [6.45, 7) is 0.972. The Bertz CT molecular complexity index is 732. The first-order valence-electron chi connectivity index (χ1n) is 9.54. The SMILES string of the molecule is COCCCCc1ccc([N+](=O)[O-])cc1.O=[N+]([O-])c1ccc(CCCCO)cc1. The number of aryl methyl sites for hydroxylation is 2. The maximum atomic E-state index is 10.4. The van der Waals surface area contributed by atoms with Crippen LogP contribution in [0.5, 0.6) is 0 Å². The number of aliphatic hydroxyl groups excluding tert-OH is 1. The van der Waals surface area contributed by atoms with Gasteiger partial charge in [-0.15, -0.1) is 0 Å². The van der Waals surface area contributed by atoms with E-state index in [0.717, 1.165) is 56.3 Å². The van der Waals surface area contributed by atoms with Crippen LogP contribution >= 0.6 is 0 Å². The van der Waals surface area contributed by atoms with Gasteiger partial charge in [0, 0.05) is 44.6 Å². The summed E-state index contributed by atoms with van der Waals surface area (Å²) in [4.78, 5) is 20.0. The zero-order valence-electron chi connectivity index (χ0n) is 16.7. The largest absolute Gasteiger partial charge is 0.396 e. The second-order valence-electron chi connectivity index (χ2n) is 6.48. The van der Waals surface area contributed by atoms with Crippen molar-refractivity contribution in [3.63, 3.8) is 0 Å². The third-order valence-corrected chi connectivity index (χ3v) is 4.23. The Hall–Kier alpha value is -2.84. The van der Waals surface area contributed by atoms with E-state index in [0.29, 0.717) is 0 Å². The van der Waals surface area contributed by atoms with Crippen molar-refractivity contribution in [1.82, 2.24) is 0 Å². The Morgan fingerprint density at radius 1 is 0.759 bits per heavy atom. The molecule has 0 heterocycles. The first-order chi connectivity index (χ1) is 14.0. The van der Waals surface area contributed by atoms with Crippen LogP contribution in [0.2, 0.25) is 0 Å². The average molecular weight is 404 g/mol. The Kier molecular flexibility index (Phi) is 11.8. The highest BCUT2D eigenvalue weighted by molar-refractivity contribution is 5.33. The third kappa shape index (κ3) is 10.3. The minimum Gasteiger partial charge on any atom is -0.396 e.